The van der Waals surface area contributed by atoms with E-state index in [0.717, 1.165) is 17.1 Å². The number of nitrogens with one attached hydrogen (secondary N) is 1. The summed E-state index contributed by atoms with van der Waals surface area (Å²) in [7, 11) is -3.75. The van der Waals surface area contributed by atoms with Crippen LogP contribution in [0.1, 0.15) is 0 Å². The molecule has 0 bridgehead atoms. The van der Waals surface area contributed by atoms with Crippen molar-refractivity contribution in [3.8, 4) is 22.9 Å². The van der Waals surface area contributed by atoms with E-state index in [4.69, 9.17) is 4.74 Å². The molecule has 0 saturated carbocycles. The van der Waals surface area contributed by atoms with Crippen LogP contribution in [0.15, 0.2) is 76.3 Å². The molecule has 1 N–H and O–H groups in total. The Labute approximate surface area is 164 Å². The van der Waals surface area contributed by atoms with Crippen LogP contribution in [0.5, 0.6) is 11.5 Å². The summed E-state index contributed by atoms with van der Waals surface area (Å²) in [5.41, 5.74) is 0.865. The summed E-state index contributed by atoms with van der Waals surface area (Å²) in [5, 5.41) is 4.05. The predicted molar refractivity (Wildman–Crippen MR) is 107 cm³/mol. The molecule has 2 aromatic heterocycles. The molecule has 27 heavy (non-hydrogen) atoms. The Hall–Kier alpha value is -2.75. The zero-order valence-corrected chi connectivity index (χ0v) is 16.2. The maximum Gasteiger partial charge on any atom is 0.263 e. The molecule has 0 amide bonds. The second kappa shape index (κ2) is 7.47. The number of anilines is 1. The maximum absolute atomic E-state index is 12.6. The van der Waals surface area contributed by atoms with Gasteiger partial charge in [-0.2, -0.15) is 20.7 Å². The highest BCUT2D eigenvalue weighted by molar-refractivity contribution is 7.93. The Morgan fingerprint density at radius 1 is 0.926 bits per heavy atom. The zero-order valence-electron chi connectivity index (χ0n) is 13.8. The van der Waals surface area contributed by atoms with Crippen molar-refractivity contribution in [1.29, 1.82) is 0 Å². The van der Waals surface area contributed by atoms with Gasteiger partial charge in [-0.05, 0) is 47.8 Å². The Morgan fingerprint density at radius 2 is 1.67 bits per heavy atom. The molecule has 0 spiro atoms. The monoisotopic (exact) mass is 415 g/mol. The number of aromatic nitrogens is 2. The first kappa shape index (κ1) is 17.7. The van der Waals surface area contributed by atoms with Gasteiger partial charge in [-0.15, -0.1) is 0 Å². The molecule has 4 aromatic rings. The quantitative estimate of drug-likeness (QED) is 0.486. The number of ether oxygens (including phenoxy) is 1. The summed E-state index contributed by atoms with van der Waals surface area (Å²) in [5.74, 6) is 1.74. The third kappa shape index (κ3) is 4.16. The third-order valence-electron chi connectivity index (χ3n) is 3.54. The molecule has 0 aliphatic heterocycles. The second-order valence-corrected chi connectivity index (χ2v) is 8.64. The second-order valence-electron chi connectivity index (χ2n) is 5.43. The van der Waals surface area contributed by atoms with Crippen LogP contribution in [0.2, 0.25) is 0 Å². The predicted octanol–water partition coefficient (Wildman–Crippen LogP) is 4.86. The lowest BCUT2D eigenvalue weighted by molar-refractivity contribution is 0.482. The Balaban J connectivity index is 1.49. The standard InChI is InChI=1S/C18H13N3O3S3/c22-27(23,21-18-19-17(20-26-18)13-10-11-25-12-13)16-8-6-15(7-9-16)24-14-4-2-1-3-5-14/h1-12H,(H,19,20,21). The minimum atomic E-state index is -3.75. The summed E-state index contributed by atoms with van der Waals surface area (Å²) in [6.45, 7) is 0. The highest BCUT2D eigenvalue weighted by Gasteiger charge is 2.17. The van der Waals surface area contributed by atoms with Gasteiger partial charge in [0, 0.05) is 22.5 Å². The molecule has 2 aromatic carbocycles. The molecule has 0 saturated heterocycles. The fourth-order valence-corrected chi connectivity index (χ4v) is 4.71. The number of sulfonamides is 1. The van der Waals surface area contributed by atoms with Gasteiger partial charge in [0.25, 0.3) is 10.0 Å². The van der Waals surface area contributed by atoms with E-state index in [0.29, 0.717) is 17.3 Å². The van der Waals surface area contributed by atoms with Crippen LogP contribution in [0, 0.1) is 0 Å². The van der Waals surface area contributed by atoms with Gasteiger partial charge in [-0.25, -0.2) is 8.42 Å². The van der Waals surface area contributed by atoms with Gasteiger partial charge < -0.3 is 4.74 Å². The molecule has 2 heterocycles. The third-order valence-corrected chi connectivity index (χ3v) is 6.34. The SMILES string of the molecule is O=S(=O)(Nc1nc(-c2ccsc2)ns1)c1ccc(Oc2ccccc2)cc1. The number of benzene rings is 2. The van der Waals surface area contributed by atoms with Crippen LogP contribution >= 0.6 is 22.9 Å². The Bertz CT molecular complexity index is 1120. The van der Waals surface area contributed by atoms with Crippen molar-refractivity contribution in [3.05, 3.63) is 71.4 Å². The summed E-state index contributed by atoms with van der Waals surface area (Å²) in [6, 6.07) is 17.4. The molecule has 0 aliphatic rings. The number of rotatable bonds is 6. The van der Waals surface area contributed by atoms with Crippen LogP contribution in [-0.2, 0) is 10.0 Å². The van der Waals surface area contributed by atoms with E-state index in [1.165, 1.54) is 23.5 Å². The first-order chi connectivity index (χ1) is 13.1. The zero-order chi connectivity index (χ0) is 18.7. The molecule has 0 radical (unpaired) electrons. The average molecular weight is 416 g/mol. The number of hydrogen-bond donors (Lipinski definition) is 1. The van der Waals surface area contributed by atoms with E-state index in [-0.39, 0.29) is 10.0 Å². The minimum absolute atomic E-state index is 0.121. The molecule has 6 nitrogen and oxygen atoms in total. The van der Waals surface area contributed by atoms with Gasteiger partial charge in [0.1, 0.15) is 11.5 Å². The van der Waals surface area contributed by atoms with Crippen molar-refractivity contribution < 1.29 is 13.2 Å². The van der Waals surface area contributed by atoms with E-state index < -0.39 is 10.0 Å². The Morgan fingerprint density at radius 3 is 2.37 bits per heavy atom. The first-order valence-corrected chi connectivity index (χ1v) is 11.0. The molecule has 9 heteroatoms. The highest BCUT2D eigenvalue weighted by Crippen LogP contribution is 2.26. The van der Waals surface area contributed by atoms with Gasteiger partial charge in [0.2, 0.25) is 5.13 Å². The van der Waals surface area contributed by atoms with Crippen LogP contribution in [0.4, 0.5) is 5.13 Å². The first-order valence-electron chi connectivity index (χ1n) is 7.82. The van der Waals surface area contributed by atoms with Crippen molar-refractivity contribution in [3.63, 3.8) is 0 Å². The van der Waals surface area contributed by atoms with E-state index in [2.05, 4.69) is 14.1 Å². The van der Waals surface area contributed by atoms with Crippen LogP contribution in [0.25, 0.3) is 11.4 Å². The maximum atomic E-state index is 12.6. The summed E-state index contributed by atoms with van der Waals surface area (Å²) in [4.78, 5) is 4.36. The van der Waals surface area contributed by atoms with Gasteiger partial charge in [-0.1, -0.05) is 18.2 Å². The normalized spacial score (nSPS) is 11.3. The number of hydrogen-bond acceptors (Lipinski definition) is 7. The van der Waals surface area contributed by atoms with Gasteiger partial charge in [-0.3, -0.25) is 4.72 Å². The van der Waals surface area contributed by atoms with Crippen molar-refractivity contribution in [1.82, 2.24) is 9.36 Å². The fraction of sp³-hybridized carbons (Fsp3) is 0. The molecule has 0 unspecified atom stereocenters. The molecular formula is C18H13N3O3S3. The molecule has 0 fully saturated rings. The molecule has 0 aliphatic carbocycles. The topological polar surface area (TPSA) is 81.2 Å². The van der Waals surface area contributed by atoms with E-state index >= 15 is 0 Å². The van der Waals surface area contributed by atoms with Crippen LogP contribution in [0.3, 0.4) is 0 Å². The lowest BCUT2D eigenvalue weighted by Gasteiger charge is -2.07. The fourth-order valence-electron chi connectivity index (χ4n) is 2.26. The van der Waals surface area contributed by atoms with Crippen LogP contribution < -0.4 is 9.46 Å². The highest BCUT2D eigenvalue weighted by atomic mass is 32.2. The Kier molecular flexibility index (Phi) is 4.88. The van der Waals surface area contributed by atoms with Crippen molar-refractivity contribution >= 4 is 38.0 Å². The lowest BCUT2D eigenvalue weighted by Crippen LogP contribution is -2.12. The van der Waals surface area contributed by atoms with Crippen molar-refractivity contribution in [2.75, 3.05) is 4.72 Å². The van der Waals surface area contributed by atoms with Crippen LogP contribution in [-0.4, -0.2) is 17.8 Å². The lowest BCUT2D eigenvalue weighted by atomic mass is 10.3. The van der Waals surface area contributed by atoms with Crippen molar-refractivity contribution in [2.45, 2.75) is 4.90 Å². The number of nitrogens with zero attached hydrogens (tertiary/aromatic N) is 2. The number of para-hydroxylation sites is 1. The van der Waals surface area contributed by atoms with E-state index in [9.17, 15) is 8.42 Å². The summed E-state index contributed by atoms with van der Waals surface area (Å²) in [6.07, 6.45) is 0. The average Bonchev–Trinajstić information content (AvgIpc) is 3.34. The number of thiophene rings is 1. The smallest absolute Gasteiger partial charge is 0.263 e. The van der Waals surface area contributed by atoms with E-state index in [1.807, 2.05) is 47.2 Å². The minimum Gasteiger partial charge on any atom is -0.457 e. The van der Waals surface area contributed by atoms with Gasteiger partial charge in [0.15, 0.2) is 5.82 Å². The van der Waals surface area contributed by atoms with E-state index in [1.54, 1.807) is 12.1 Å². The van der Waals surface area contributed by atoms with Crippen molar-refractivity contribution in [2.24, 2.45) is 0 Å². The molecule has 0 atom stereocenters. The summed E-state index contributed by atoms with van der Waals surface area (Å²) < 4.78 is 37.4. The molecule has 136 valence electrons. The molecule has 4 rings (SSSR count). The molecular weight excluding hydrogens is 402 g/mol. The van der Waals surface area contributed by atoms with Gasteiger partial charge in [0.05, 0.1) is 4.90 Å². The van der Waals surface area contributed by atoms with Gasteiger partial charge >= 0.3 is 0 Å². The summed E-state index contributed by atoms with van der Waals surface area (Å²) >= 11 is 2.53. The largest absolute Gasteiger partial charge is 0.457 e.